The van der Waals surface area contributed by atoms with Crippen LogP contribution in [-0.4, -0.2) is 40.3 Å². The SMILES string of the molecule is Cn1cc(C(=O)N2CCCC2c2ccc3c(c2)OCCCO3)cn1. The fourth-order valence-electron chi connectivity index (χ4n) is 3.44. The molecule has 2 aliphatic heterocycles. The van der Waals surface area contributed by atoms with E-state index >= 15 is 0 Å². The van der Waals surface area contributed by atoms with E-state index in [1.54, 1.807) is 17.1 Å². The van der Waals surface area contributed by atoms with Crippen LogP contribution in [0.2, 0.25) is 0 Å². The van der Waals surface area contributed by atoms with Crippen molar-refractivity contribution in [2.45, 2.75) is 25.3 Å². The molecule has 4 rings (SSSR count). The number of likely N-dealkylation sites (tertiary alicyclic amines) is 1. The molecule has 1 saturated heterocycles. The van der Waals surface area contributed by atoms with Gasteiger partial charge >= 0.3 is 0 Å². The minimum atomic E-state index is 0.0395. The van der Waals surface area contributed by atoms with Crippen molar-refractivity contribution in [2.24, 2.45) is 7.05 Å². The Kier molecular flexibility index (Phi) is 3.88. The zero-order valence-corrected chi connectivity index (χ0v) is 13.8. The second-order valence-electron chi connectivity index (χ2n) is 6.32. The van der Waals surface area contributed by atoms with Crippen molar-refractivity contribution in [3.05, 3.63) is 41.7 Å². The van der Waals surface area contributed by atoms with Crippen LogP contribution in [0, 0.1) is 0 Å². The van der Waals surface area contributed by atoms with Crippen LogP contribution in [0.3, 0.4) is 0 Å². The summed E-state index contributed by atoms with van der Waals surface area (Å²) in [5.74, 6) is 1.61. The van der Waals surface area contributed by atoms with Crippen molar-refractivity contribution in [2.75, 3.05) is 19.8 Å². The largest absolute Gasteiger partial charge is 0.490 e. The first-order chi connectivity index (χ1) is 11.7. The molecule has 0 spiro atoms. The standard InChI is InChI=1S/C18H21N3O3/c1-20-12-14(11-19-20)18(22)21-7-2-4-15(21)13-5-6-16-17(10-13)24-9-3-8-23-16/h5-6,10-12,15H,2-4,7-9H2,1H3. The molecule has 1 atom stereocenters. The van der Waals surface area contributed by atoms with Gasteiger partial charge in [0.05, 0.1) is 31.0 Å². The summed E-state index contributed by atoms with van der Waals surface area (Å²) in [6.07, 6.45) is 6.26. The number of aryl methyl sites for hydroxylation is 1. The number of nitrogens with zero attached hydrogens (tertiary/aromatic N) is 3. The molecule has 0 saturated carbocycles. The van der Waals surface area contributed by atoms with Crippen LogP contribution in [0.15, 0.2) is 30.6 Å². The number of carbonyl (C=O) groups is 1. The van der Waals surface area contributed by atoms with Gasteiger partial charge in [-0.25, -0.2) is 0 Å². The second kappa shape index (κ2) is 6.19. The van der Waals surface area contributed by atoms with Gasteiger partial charge in [0, 0.05) is 26.2 Å². The quantitative estimate of drug-likeness (QED) is 0.851. The molecule has 6 nitrogen and oxygen atoms in total. The maximum Gasteiger partial charge on any atom is 0.257 e. The van der Waals surface area contributed by atoms with Crippen LogP contribution >= 0.6 is 0 Å². The van der Waals surface area contributed by atoms with Crippen LogP contribution < -0.4 is 9.47 Å². The minimum absolute atomic E-state index is 0.0395. The molecule has 1 unspecified atom stereocenters. The molecular weight excluding hydrogens is 306 g/mol. The first-order valence-electron chi connectivity index (χ1n) is 8.41. The zero-order valence-electron chi connectivity index (χ0n) is 13.8. The molecule has 2 aliphatic rings. The van der Waals surface area contributed by atoms with Gasteiger partial charge in [0.2, 0.25) is 0 Å². The highest BCUT2D eigenvalue weighted by molar-refractivity contribution is 5.94. The lowest BCUT2D eigenvalue weighted by Crippen LogP contribution is -2.30. The number of benzene rings is 1. The predicted molar refractivity (Wildman–Crippen MR) is 88.3 cm³/mol. The van der Waals surface area contributed by atoms with E-state index in [2.05, 4.69) is 5.10 Å². The molecule has 0 aliphatic carbocycles. The fraction of sp³-hybridized carbons (Fsp3) is 0.444. The number of amides is 1. The second-order valence-corrected chi connectivity index (χ2v) is 6.32. The molecule has 1 aromatic heterocycles. The summed E-state index contributed by atoms with van der Waals surface area (Å²) >= 11 is 0. The van der Waals surface area contributed by atoms with E-state index in [1.165, 1.54) is 0 Å². The number of aromatic nitrogens is 2. The highest BCUT2D eigenvalue weighted by atomic mass is 16.5. The third-order valence-corrected chi connectivity index (χ3v) is 4.62. The molecule has 0 bridgehead atoms. The van der Waals surface area contributed by atoms with Gasteiger partial charge in [-0.15, -0.1) is 0 Å². The Morgan fingerprint density at radius 3 is 2.83 bits per heavy atom. The molecule has 6 heteroatoms. The van der Waals surface area contributed by atoms with Gasteiger partial charge in [-0.1, -0.05) is 6.07 Å². The Morgan fingerprint density at radius 1 is 1.21 bits per heavy atom. The maximum absolute atomic E-state index is 12.8. The Balaban J connectivity index is 1.61. The summed E-state index contributed by atoms with van der Waals surface area (Å²) in [6.45, 7) is 2.12. The number of rotatable bonds is 2. The van der Waals surface area contributed by atoms with Gasteiger partial charge in [-0.2, -0.15) is 5.10 Å². The number of fused-ring (bicyclic) bond motifs is 1. The van der Waals surface area contributed by atoms with Gasteiger partial charge in [-0.3, -0.25) is 9.48 Å². The molecule has 2 aromatic rings. The van der Waals surface area contributed by atoms with Gasteiger partial charge in [0.15, 0.2) is 11.5 Å². The number of hydrogen-bond donors (Lipinski definition) is 0. The number of hydrogen-bond acceptors (Lipinski definition) is 4. The molecule has 1 aromatic carbocycles. The minimum Gasteiger partial charge on any atom is -0.490 e. The van der Waals surface area contributed by atoms with Crippen LogP contribution in [0.25, 0.3) is 0 Å². The van der Waals surface area contributed by atoms with Crippen LogP contribution in [0.4, 0.5) is 0 Å². The zero-order chi connectivity index (χ0) is 16.5. The van der Waals surface area contributed by atoms with Crippen LogP contribution in [0.1, 0.15) is 41.2 Å². The summed E-state index contributed by atoms with van der Waals surface area (Å²) in [7, 11) is 1.82. The lowest BCUT2D eigenvalue weighted by Gasteiger charge is -2.25. The van der Waals surface area contributed by atoms with Gasteiger partial charge in [0.25, 0.3) is 5.91 Å². The third kappa shape index (κ3) is 2.72. The van der Waals surface area contributed by atoms with Crippen molar-refractivity contribution >= 4 is 5.91 Å². The monoisotopic (exact) mass is 327 g/mol. The van der Waals surface area contributed by atoms with E-state index in [1.807, 2.05) is 30.1 Å². The van der Waals surface area contributed by atoms with Crippen molar-refractivity contribution < 1.29 is 14.3 Å². The summed E-state index contributed by atoms with van der Waals surface area (Å²) in [4.78, 5) is 14.7. The first-order valence-corrected chi connectivity index (χ1v) is 8.41. The van der Waals surface area contributed by atoms with Crippen LogP contribution in [-0.2, 0) is 7.05 Å². The van der Waals surface area contributed by atoms with Crippen molar-refractivity contribution in [3.63, 3.8) is 0 Å². The lowest BCUT2D eigenvalue weighted by molar-refractivity contribution is 0.0735. The smallest absolute Gasteiger partial charge is 0.257 e. The molecule has 24 heavy (non-hydrogen) atoms. The normalized spacial score (nSPS) is 20.0. The van der Waals surface area contributed by atoms with E-state index in [0.29, 0.717) is 18.8 Å². The fourth-order valence-corrected chi connectivity index (χ4v) is 3.44. The lowest BCUT2D eigenvalue weighted by atomic mass is 10.0. The van der Waals surface area contributed by atoms with E-state index < -0.39 is 0 Å². The van der Waals surface area contributed by atoms with E-state index in [-0.39, 0.29) is 11.9 Å². The summed E-state index contributed by atoms with van der Waals surface area (Å²) in [5, 5.41) is 4.11. The highest BCUT2D eigenvalue weighted by Crippen LogP contribution is 2.38. The average molecular weight is 327 g/mol. The first kappa shape index (κ1) is 15.1. The molecular formula is C18H21N3O3. The Morgan fingerprint density at radius 2 is 2.04 bits per heavy atom. The predicted octanol–water partition coefficient (Wildman–Crippen LogP) is 2.56. The molecule has 1 fully saturated rings. The van der Waals surface area contributed by atoms with Crippen molar-refractivity contribution in [3.8, 4) is 11.5 Å². The van der Waals surface area contributed by atoms with Crippen molar-refractivity contribution in [1.29, 1.82) is 0 Å². The maximum atomic E-state index is 12.8. The summed E-state index contributed by atoms with van der Waals surface area (Å²) in [5.41, 5.74) is 1.74. The van der Waals surface area contributed by atoms with E-state index in [9.17, 15) is 4.79 Å². The molecule has 0 N–H and O–H groups in total. The molecule has 126 valence electrons. The topological polar surface area (TPSA) is 56.6 Å². The van der Waals surface area contributed by atoms with Crippen molar-refractivity contribution in [1.82, 2.24) is 14.7 Å². The Labute approximate surface area is 141 Å². The average Bonchev–Trinajstić information content (AvgIpc) is 3.18. The van der Waals surface area contributed by atoms with E-state index in [0.717, 1.165) is 42.9 Å². The van der Waals surface area contributed by atoms with Gasteiger partial charge < -0.3 is 14.4 Å². The number of ether oxygens (including phenoxy) is 2. The number of carbonyl (C=O) groups excluding carboxylic acids is 1. The van der Waals surface area contributed by atoms with E-state index in [4.69, 9.17) is 9.47 Å². The van der Waals surface area contributed by atoms with Gasteiger partial charge in [0.1, 0.15) is 0 Å². The highest BCUT2D eigenvalue weighted by Gasteiger charge is 2.31. The van der Waals surface area contributed by atoms with Crippen LogP contribution in [0.5, 0.6) is 11.5 Å². The Hall–Kier alpha value is -2.50. The molecule has 0 radical (unpaired) electrons. The van der Waals surface area contributed by atoms with Gasteiger partial charge in [-0.05, 0) is 30.5 Å². The molecule has 3 heterocycles. The Bertz CT molecular complexity index is 756. The summed E-state index contributed by atoms with van der Waals surface area (Å²) in [6, 6.07) is 6.11. The third-order valence-electron chi connectivity index (χ3n) is 4.62. The molecule has 1 amide bonds. The summed E-state index contributed by atoms with van der Waals surface area (Å²) < 4.78 is 13.1.